The van der Waals surface area contributed by atoms with E-state index in [1.165, 1.54) is 0 Å². The second-order valence-electron chi connectivity index (χ2n) is 3.70. The van der Waals surface area contributed by atoms with Gasteiger partial charge in [-0.15, -0.1) is 0 Å². The third kappa shape index (κ3) is 2.13. The molecule has 0 fully saturated rings. The Balaban J connectivity index is 1.84. The van der Waals surface area contributed by atoms with Crippen LogP contribution in [0, 0.1) is 0 Å². The fourth-order valence-corrected chi connectivity index (χ4v) is 1.67. The van der Waals surface area contributed by atoms with Crippen molar-refractivity contribution in [2.75, 3.05) is 6.79 Å². The average Bonchev–Trinajstić information content (AvgIpc) is 2.85. The molecule has 0 spiro atoms. The zero-order valence-electron chi connectivity index (χ0n) is 9.17. The largest absolute Gasteiger partial charge is 0.454 e. The third-order valence-electron chi connectivity index (χ3n) is 2.53. The molecule has 1 aromatic heterocycles. The number of aromatic nitrogens is 1. The maximum absolute atomic E-state index is 5.32. The first-order chi connectivity index (χ1) is 8.42. The van der Waals surface area contributed by atoms with Gasteiger partial charge in [-0.1, -0.05) is 18.2 Å². The molecule has 17 heavy (non-hydrogen) atoms. The van der Waals surface area contributed by atoms with Crippen LogP contribution in [0.3, 0.4) is 0 Å². The predicted octanol–water partition coefficient (Wildman–Crippen LogP) is 2.98. The first-order valence-corrected chi connectivity index (χ1v) is 5.40. The van der Waals surface area contributed by atoms with Crippen molar-refractivity contribution < 1.29 is 9.47 Å². The van der Waals surface area contributed by atoms with Crippen LogP contribution in [0.4, 0.5) is 0 Å². The van der Waals surface area contributed by atoms with Crippen molar-refractivity contribution in [3.05, 3.63) is 53.9 Å². The molecule has 3 rings (SSSR count). The summed E-state index contributed by atoms with van der Waals surface area (Å²) in [6.45, 7) is 0.308. The molecule has 3 nitrogen and oxygen atoms in total. The molecule has 0 amide bonds. The third-order valence-corrected chi connectivity index (χ3v) is 2.53. The molecule has 0 saturated heterocycles. The smallest absolute Gasteiger partial charge is 0.231 e. The van der Waals surface area contributed by atoms with Crippen LogP contribution in [0.25, 0.3) is 12.2 Å². The van der Waals surface area contributed by atoms with Crippen LogP contribution in [0.5, 0.6) is 11.5 Å². The summed E-state index contributed by atoms with van der Waals surface area (Å²) in [6.07, 6.45) is 5.75. The van der Waals surface area contributed by atoms with Crippen LogP contribution >= 0.6 is 0 Å². The van der Waals surface area contributed by atoms with Gasteiger partial charge in [0.15, 0.2) is 11.5 Å². The molecule has 1 aromatic carbocycles. The van der Waals surface area contributed by atoms with Gasteiger partial charge in [0.2, 0.25) is 6.79 Å². The Labute approximate surface area is 99.3 Å². The first-order valence-electron chi connectivity index (χ1n) is 5.40. The van der Waals surface area contributed by atoms with Crippen molar-refractivity contribution in [2.45, 2.75) is 0 Å². The molecule has 0 N–H and O–H groups in total. The predicted molar refractivity (Wildman–Crippen MR) is 65.7 cm³/mol. The van der Waals surface area contributed by atoms with E-state index in [1.807, 2.05) is 48.6 Å². The molecule has 2 heterocycles. The average molecular weight is 225 g/mol. The second kappa shape index (κ2) is 4.29. The normalized spacial score (nSPS) is 13.2. The highest BCUT2D eigenvalue weighted by Crippen LogP contribution is 2.32. The van der Waals surface area contributed by atoms with Crippen molar-refractivity contribution in [2.24, 2.45) is 0 Å². The van der Waals surface area contributed by atoms with Crippen molar-refractivity contribution in [3.63, 3.8) is 0 Å². The molecule has 0 radical (unpaired) electrons. The highest BCUT2D eigenvalue weighted by atomic mass is 16.7. The van der Waals surface area contributed by atoms with Crippen LogP contribution in [0.1, 0.15) is 11.3 Å². The van der Waals surface area contributed by atoms with E-state index < -0.39 is 0 Å². The first kappa shape index (κ1) is 9.90. The molecule has 0 unspecified atom stereocenters. The number of benzene rings is 1. The van der Waals surface area contributed by atoms with Gasteiger partial charge in [0.05, 0.1) is 5.69 Å². The molecule has 2 aromatic rings. The minimum absolute atomic E-state index is 0.308. The standard InChI is InChI=1S/C14H11NO2/c1-2-8-15-12(3-1)6-4-11-5-7-13-14(9-11)17-10-16-13/h1-9H,10H2. The molecular weight excluding hydrogens is 214 g/mol. The zero-order chi connectivity index (χ0) is 11.5. The topological polar surface area (TPSA) is 31.4 Å². The van der Waals surface area contributed by atoms with Crippen molar-refractivity contribution in [1.29, 1.82) is 0 Å². The van der Waals surface area contributed by atoms with Crippen LogP contribution in [0.15, 0.2) is 42.6 Å². The quantitative estimate of drug-likeness (QED) is 0.787. The maximum Gasteiger partial charge on any atom is 0.231 e. The van der Waals surface area contributed by atoms with Gasteiger partial charge in [-0.2, -0.15) is 0 Å². The number of ether oxygens (including phenoxy) is 2. The molecule has 0 bridgehead atoms. The minimum Gasteiger partial charge on any atom is -0.454 e. The molecular formula is C14H11NO2. The summed E-state index contributed by atoms with van der Waals surface area (Å²) in [5, 5.41) is 0. The Morgan fingerprint density at radius 1 is 1.00 bits per heavy atom. The number of pyridine rings is 1. The van der Waals surface area contributed by atoms with Crippen molar-refractivity contribution in [3.8, 4) is 11.5 Å². The van der Waals surface area contributed by atoms with Gasteiger partial charge in [-0.25, -0.2) is 0 Å². The molecule has 0 atom stereocenters. The number of fused-ring (bicyclic) bond motifs is 1. The van der Waals surface area contributed by atoms with Crippen LogP contribution < -0.4 is 9.47 Å². The van der Waals surface area contributed by atoms with Gasteiger partial charge >= 0.3 is 0 Å². The van der Waals surface area contributed by atoms with E-state index in [0.717, 1.165) is 22.8 Å². The second-order valence-corrected chi connectivity index (χ2v) is 3.70. The maximum atomic E-state index is 5.32. The molecule has 1 aliphatic heterocycles. The molecule has 1 aliphatic rings. The van der Waals surface area contributed by atoms with E-state index in [2.05, 4.69) is 4.98 Å². The summed E-state index contributed by atoms with van der Waals surface area (Å²) in [5.74, 6) is 1.60. The Kier molecular flexibility index (Phi) is 2.50. The lowest BCUT2D eigenvalue weighted by Crippen LogP contribution is -1.92. The highest BCUT2D eigenvalue weighted by Gasteiger charge is 2.11. The molecule has 0 saturated carbocycles. The SMILES string of the molecule is C(=Cc1ccccn1)c1ccc2c(c1)OCO2. The Morgan fingerprint density at radius 3 is 2.82 bits per heavy atom. The van der Waals surface area contributed by atoms with E-state index in [4.69, 9.17) is 9.47 Å². The summed E-state index contributed by atoms with van der Waals surface area (Å²) in [5.41, 5.74) is 2.00. The van der Waals surface area contributed by atoms with Crippen molar-refractivity contribution in [1.82, 2.24) is 4.98 Å². The Morgan fingerprint density at radius 2 is 1.94 bits per heavy atom. The number of rotatable bonds is 2. The fraction of sp³-hybridized carbons (Fsp3) is 0.0714. The summed E-state index contributed by atoms with van der Waals surface area (Å²) in [4.78, 5) is 4.22. The molecule has 84 valence electrons. The fourth-order valence-electron chi connectivity index (χ4n) is 1.67. The van der Waals surface area contributed by atoms with E-state index in [-0.39, 0.29) is 0 Å². The lowest BCUT2D eigenvalue weighted by Gasteiger charge is -1.97. The molecule has 3 heteroatoms. The van der Waals surface area contributed by atoms with Crippen LogP contribution in [-0.4, -0.2) is 11.8 Å². The van der Waals surface area contributed by atoms with Gasteiger partial charge in [0, 0.05) is 6.20 Å². The highest BCUT2D eigenvalue weighted by molar-refractivity contribution is 5.69. The summed E-state index contributed by atoms with van der Waals surface area (Å²) >= 11 is 0. The van der Waals surface area contributed by atoms with Crippen molar-refractivity contribution >= 4 is 12.2 Å². The van der Waals surface area contributed by atoms with Crippen LogP contribution in [0.2, 0.25) is 0 Å². The van der Waals surface area contributed by atoms with Gasteiger partial charge < -0.3 is 9.47 Å². The minimum atomic E-state index is 0.308. The number of nitrogens with zero attached hydrogens (tertiary/aromatic N) is 1. The monoisotopic (exact) mass is 225 g/mol. The molecule has 0 aliphatic carbocycles. The van der Waals surface area contributed by atoms with E-state index >= 15 is 0 Å². The number of hydrogen-bond acceptors (Lipinski definition) is 3. The zero-order valence-corrected chi connectivity index (χ0v) is 9.17. The van der Waals surface area contributed by atoms with E-state index in [9.17, 15) is 0 Å². The van der Waals surface area contributed by atoms with Gasteiger partial charge in [-0.05, 0) is 35.9 Å². The summed E-state index contributed by atoms with van der Waals surface area (Å²) in [6, 6.07) is 11.7. The van der Waals surface area contributed by atoms with E-state index in [1.54, 1.807) is 6.20 Å². The lowest BCUT2D eigenvalue weighted by atomic mass is 10.2. The van der Waals surface area contributed by atoms with Gasteiger partial charge in [-0.3, -0.25) is 4.98 Å². The summed E-state index contributed by atoms with van der Waals surface area (Å²) < 4.78 is 10.6. The van der Waals surface area contributed by atoms with Gasteiger partial charge in [0.25, 0.3) is 0 Å². The summed E-state index contributed by atoms with van der Waals surface area (Å²) in [7, 11) is 0. The number of hydrogen-bond donors (Lipinski definition) is 0. The van der Waals surface area contributed by atoms with Crippen LogP contribution in [-0.2, 0) is 0 Å². The Hall–Kier alpha value is -2.29. The Bertz CT molecular complexity index is 549. The van der Waals surface area contributed by atoms with E-state index in [0.29, 0.717) is 6.79 Å². The van der Waals surface area contributed by atoms with Gasteiger partial charge in [0.1, 0.15) is 0 Å². The lowest BCUT2D eigenvalue weighted by molar-refractivity contribution is 0.174.